The quantitative estimate of drug-likeness (QED) is 0.703. The number of rotatable bonds is 7. The van der Waals surface area contributed by atoms with Crippen molar-refractivity contribution in [3.63, 3.8) is 0 Å². The second-order valence-corrected chi connectivity index (χ2v) is 7.74. The van der Waals surface area contributed by atoms with Gasteiger partial charge < -0.3 is 15.2 Å². The molecule has 126 valence electrons. The summed E-state index contributed by atoms with van der Waals surface area (Å²) in [5.41, 5.74) is -1.57. The van der Waals surface area contributed by atoms with Crippen LogP contribution in [0.2, 0.25) is 0 Å². The molecule has 1 heterocycles. The van der Waals surface area contributed by atoms with Crippen molar-refractivity contribution in [2.24, 2.45) is 0 Å². The van der Waals surface area contributed by atoms with Gasteiger partial charge in [-0.25, -0.2) is 12.7 Å². The summed E-state index contributed by atoms with van der Waals surface area (Å²) < 4.78 is 30.4. The monoisotopic (exact) mass is 360 g/mol. The molecule has 0 aliphatic carbocycles. The first-order valence-electron chi connectivity index (χ1n) is 6.75. The van der Waals surface area contributed by atoms with Gasteiger partial charge in [0.25, 0.3) is 20.9 Å². The predicted octanol–water partition coefficient (Wildman–Crippen LogP) is 0.832. The Morgan fingerprint density at radius 3 is 2.52 bits per heavy atom. The van der Waals surface area contributed by atoms with Gasteiger partial charge >= 0.3 is 0 Å². The highest BCUT2D eigenvalue weighted by Gasteiger charge is 2.29. The third-order valence-electron chi connectivity index (χ3n) is 3.24. The van der Waals surface area contributed by atoms with Gasteiger partial charge in [0.2, 0.25) is 0 Å². The molecule has 0 aliphatic heterocycles. The summed E-state index contributed by atoms with van der Waals surface area (Å²) in [7, 11) is -2.41. The molecule has 1 aromatic carbocycles. The fourth-order valence-electron chi connectivity index (χ4n) is 1.82. The van der Waals surface area contributed by atoms with Gasteiger partial charge in [-0.2, -0.15) is 0 Å². The highest BCUT2D eigenvalue weighted by Crippen LogP contribution is 2.40. The molecule has 0 bridgehead atoms. The number of anilines is 2. The molecule has 2 rings (SSSR count). The highest BCUT2D eigenvalue weighted by atomic mass is 32.2. The molecule has 0 unspecified atom stereocenters. The van der Waals surface area contributed by atoms with E-state index in [1.165, 1.54) is 12.4 Å². The van der Waals surface area contributed by atoms with Crippen LogP contribution >= 0.6 is 11.3 Å². The third-order valence-corrected chi connectivity index (χ3v) is 6.66. The van der Waals surface area contributed by atoms with Crippen LogP contribution in [0.15, 0.2) is 19.2 Å². The molecule has 2 N–H and O–H groups in total. The maximum Gasteiger partial charge on any atom is 0.272 e. The molecule has 0 saturated heterocycles. The topological polar surface area (TPSA) is 113 Å². The molecular formula is C13H16N2O6S2. The molecule has 23 heavy (non-hydrogen) atoms. The van der Waals surface area contributed by atoms with Crippen molar-refractivity contribution >= 4 is 32.7 Å². The molecule has 0 fully saturated rings. The average Bonchev–Trinajstić information content (AvgIpc) is 2.90. The fraction of sp³-hybridized carbons (Fsp3) is 0.385. The lowest BCUT2D eigenvalue weighted by molar-refractivity contribution is 0.335. The SMILES string of the molecule is CCOc1c(Nc2csc(S(=O)(=O)N(C)CC)c2O)c(=O)c1=O. The second-order valence-electron chi connectivity index (χ2n) is 4.63. The molecule has 0 aliphatic rings. The number of hydrogen-bond acceptors (Lipinski definition) is 8. The standard InChI is InChI=1S/C13H16N2O6S2/c1-4-15(3)23(19,20)13-9(16)7(6-22-13)14-8-10(17)11(18)12(8)21-5-2/h6,14,16H,4-5H2,1-3H3. The molecule has 0 amide bonds. The van der Waals surface area contributed by atoms with Crippen molar-refractivity contribution in [1.29, 1.82) is 0 Å². The summed E-state index contributed by atoms with van der Waals surface area (Å²) in [5.74, 6) is -0.607. The van der Waals surface area contributed by atoms with Gasteiger partial charge in [0.15, 0.2) is 15.7 Å². The van der Waals surface area contributed by atoms with Crippen molar-refractivity contribution in [1.82, 2.24) is 4.31 Å². The number of nitrogens with zero attached hydrogens (tertiary/aromatic N) is 1. The average molecular weight is 360 g/mol. The van der Waals surface area contributed by atoms with E-state index in [-0.39, 0.29) is 34.5 Å². The van der Waals surface area contributed by atoms with Crippen molar-refractivity contribution in [3.05, 3.63) is 25.8 Å². The maximum absolute atomic E-state index is 12.2. The van der Waals surface area contributed by atoms with Gasteiger partial charge in [-0.3, -0.25) is 9.59 Å². The lowest BCUT2D eigenvalue weighted by Gasteiger charge is -2.14. The van der Waals surface area contributed by atoms with Crippen LogP contribution in [0.3, 0.4) is 0 Å². The Morgan fingerprint density at radius 2 is 1.96 bits per heavy atom. The van der Waals surface area contributed by atoms with Crippen LogP contribution in [0.5, 0.6) is 11.5 Å². The Labute approximate surface area is 136 Å². The van der Waals surface area contributed by atoms with Crippen LogP contribution in [0.4, 0.5) is 11.4 Å². The largest absolute Gasteiger partial charge is 0.504 e. The molecule has 10 heteroatoms. The summed E-state index contributed by atoms with van der Waals surface area (Å²) in [6.45, 7) is 3.78. The molecule has 0 radical (unpaired) electrons. The van der Waals surface area contributed by atoms with Gasteiger partial charge in [-0.15, -0.1) is 11.3 Å². The Morgan fingerprint density at radius 1 is 1.30 bits per heavy atom. The summed E-state index contributed by atoms with van der Waals surface area (Å²) in [5, 5.41) is 14.1. The van der Waals surface area contributed by atoms with Crippen LogP contribution in [0, 0.1) is 0 Å². The molecule has 8 nitrogen and oxygen atoms in total. The van der Waals surface area contributed by atoms with Crippen molar-refractivity contribution < 1.29 is 18.3 Å². The van der Waals surface area contributed by atoms with E-state index in [0.717, 1.165) is 15.6 Å². The summed E-state index contributed by atoms with van der Waals surface area (Å²) in [6.07, 6.45) is 0. The molecule has 0 saturated carbocycles. The Hall–Kier alpha value is -1.91. The van der Waals surface area contributed by atoms with E-state index in [9.17, 15) is 23.1 Å². The summed E-state index contributed by atoms with van der Waals surface area (Å²) in [6, 6.07) is 0. The number of nitrogens with one attached hydrogen (secondary N) is 1. The lowest BCUT2D eigenvalue weighted by atomic mass is 10.2. The first-order valence-corrected chi connectivity index (χ1v) is 9.07. The fourth-order valence-corrected chi connectivity index (χ4v) is 4.42. The van der Waals surface area contributed by atoms with Crippen LogP contribution in [0.25, 0.3) is 0 Å². The van der Waals surface area contributed by atoms with Crippen LogP contribution in [-0.2, 0) is 10.0 Å². The predicted molar refractivity (Wildman–Crippen MR) is 87.3 cm³/mol. The number of hydrogen-bond donors (Lipinski definition) is 2. The molecule has 0 atom stereocenters. The Kier molecular flexibility index (Phi) is 4.78. The minimum Gasteiger partial charge on any atom is -0.504 e. The van der Waals surface area contributed by atoms with E-state index in [1.807, 2.05) is 0 Å². The zero-order valence-electron chi connectivity index (χ0n) is 12.7. The van der Waals surface area contributed by atoms with Gasteiger partial charge in [-0.1, -0.05) is 6.92 Å². The summed E-state index contributed by atoms with van der Waals surface area (Å²) >= 11 is 0.818. The molecular weight excluding hydrogens is 344 g/mol. The zero-order valence-corrected chi connectivity index (χ0v) is 14.4. The molecule has 1 aromatic heterocycles. The molecule has 0 spiro atoms. The Balaban J connectivity index is 2.37. The maximum atomic E-state index is 12.2. The number of sulfonamides is 1. The Bertz CT molecular complexity index is 892. The van der Waals surface area contributed by atoms with E-state index < -0.39 is 26.6 Å². The van der Waals surface area contributed by atoms with Gasteiger partial charge in [0, 0.05) is 19.0 Å². The second kappa shape index (κ2) is 6.30. The van der Waals surface area contributed by atoms with E-state index in [0.29, 0.717) is 0 Å². The van der Waals surface area contributed by atoms with Crippen molar-refractivity contribution in [2.75, 3.05) is 25.5 Å². The van der Waals surface area contributed by atoms with Gasteiger partial charge in [-0.05, 0) is 6.92 Å². The van der Waals surface area contributed by atoms with Crippen molar-refractivity contribution in [3.8, 4) is 11.5 Å². The third kappa shape index (κ3) is 2.84. The summed E-state index contributed by atoms with van der Waals surface area (Å²) in [4.78, 5) is 23.0. The van der Waals surface area contributed by atoms with Gasteiger partial charge in [0.05, 0.1) is 12.3 Å². The van der Waals surface area contributed by atoms with Crippen LogP contribution < -0.4 is 20.9 Å². The first kappa shape index (κ1) is 17.4. The zero-order chi connectivity index (χ0) is 17.4. The minimum atomic E-state index is -3.81. The number of ether oxygens (including phenoxy) is 1. The van der Waals surface area contributed by atoms with E-state index >= 15 is 0 Å². The van der Waals surface area contributed by atoms with Crippen molar-refractivity contribution in [2.45, 2.75) is 18.1 Å². The normalized spacial score (nSPS) is 12.0. The number of thiophene rings is 1. The lowest BCUT2D eigenvalue weighted by Crippen LogP contribution is -2.35. The van der Waals surface area contributed by atoms with Crippen LogP contribution in [0.1, 0.15) is 13.8 Å². The first-order chi connectivity index (χ1) is 10.8. The van der Waals surface area contributed by atoms with Crippen LogP contribution in [-0.4, -0.2) is 38.0 Å². The van der Waals surface area contributed by atoms with E-state index in [4.69, 9.17) is 4.74 Å². The number of aromatic hydroxyl groups is 1. The van der Waals surface area contributed by atoms with E-state index in [1.54, 1.807) is 13.8 Å². The molecule has 2 aromatic rings. The smallest absolute Gasteiger partial charge is 0.272 e. The minimum absolute atomic E-state index is 0.0335. The highest BCUT2D eigenvalue weighted by molar-refractivity contribution is 7.91. The van der Waals surface area contributed by atoms with E-state index in [2.05, 4.69) is 5.32 Å². The van der Waals surface area contributed by atoms with Gasteiger partial charge in [0.1, 0.15) is 5.69 Å².